The molecule has 4 nitrogen and oxygen atoms in total. The molecule has 0 aliphatic rings. The molecule has 0 spiro atoms. The Labute approximate surface area is 118 Å². The fourth-order valence-electron chi connectivity index (χ4n) is 1.95. The van der Waals surface area contributed by atoms with E-state index in [4.69, 9.17) is 5.73 Å². The highest BCUT2D eigenvalue weighted by Crippen LogP contribution is 2.31. The minimum atomic E-state index is 0.395. The van der Waals surface area contributed by atoms with Crippen LogP contribution in [0.2, 0.25) is 0 Å². The van der Waals surface area contributed by atoms with Crippen LogP contribution in [0.15, 0.2) is 53.3 Å². The van der Waals surface area contributed by atoms with Crippen molar-refractivity contribution in [2.24, 2.45) is 0 Å². The molecule has 0 amide bonds. The second-order valence-electron chi connectivity index (χ2n) is 4.09. The number of nitrogens with zero attached hydrogens (tertiary/aromatic N) is 2. The SMILES string of the molecule is Nc1cncc(Nc2ccc(Br)c3ccccc23)n1. The van der Waals surface area contributed by atoms with Gasteiger partial charge >= 0.3 is 0 Å². The number of nitrogens with two attached hydrogens (primary N) is 1. The fraction of sp³-hybridized carbons (Fsp3) is 0. The van der Waals surface area contributed by atoms with Gasteiger partial charge in [-0.25, -0.2) is 4.98 Å². The molecule has 0 fully saturated rings. The normalized spacial score (nSPS) is 10.6. The van der Waals surface area contributed by atoms with Crippen LogP contribution in [0.4, 0.5) is 17.3 Å². The van der Waals surface area contributed by atoms with Gasteiger partial charge in [-0.05, 0) is 17.5 Å². The quantitative estimate of drug-likeness (QED) is 0.756. The van der Waals surface area contributed by atoms with Crippen LogP contribution in [0, 0.1) is 0 Å². The molecule has 94 valence electrons. The average Bonchev–Trinajstić information content (AvgIpc) is 2.42. The minimum Gasteiger partial charge on any atom is -0.382 e. The number of fused-ring (bicyclic) bond motifs is 1. The second-order valence-corrected chi connectivity index (χ2v) is 4.95. The van der Waals surface area contributed by atoms with Gasteiger partial charge in [-0.2, -0.15) is 0 Å². The Balaban J connectivity index is 2.09. The third kappa shape index (κ3) is 2.37. The van der Waals surface area contributed by atoms with Crippen molar-refractivity contribution in [1.29, 1.82) is 0 Å². The van der Waals surface area contributed by atoms with Gasteiger partial charge in [-0.15, -0.1) is 0 Å². The molecule has 3 rings (SSSR count). The van der Waals surface area contributed by atoms with E-state index in [0.717, 1.165) is 20.9 Å². The smallest absolute Gasteiger partial charge is 0.151 e. The molecular weight excluding hydrogens is 304 g/mol. The van der Waals surface area contributed by atoms with Gasteiger partial charge in [0.15, 0.2) is 5.82 Å². The maximum absolute atomic E-state index is 5.63. The minimum absolute atomic E-state index is 0.395. The highest BCUT2D eigenvalue weighted by Gasteiger charge is 2.05. The molecule has 19 heavy (non-hydrogen) atoms. The van der Waals surface area contributed by atoms with Crippen LogP contribution in [0.25, 0.3) is 10.8 Å². The van der Waals surface area contributed by atoms with Crippen LogP contribution < -0.4 is 11.1 Å². The topological polar surface area (TPSA) is 63.8 Å². The highest BCUT2D eigenvalue weighted by atomic mass is 79.9. The Hall–Kier alpha value is -2.14. The molecule has 0 bridgehead atoms. The summed E-state index contributed by atoms with van der Waals surface area (Å²) in [6.45, 7) is 0. The van der Waals surface area contributed by atoms with E-state index in [1.807, 2.05) is 24.3 Å². The lowest BCUT2D eigenvalue weighted by Gasteiger charge is -2.10. The van der Waals surface area contributed by atoms with Gasteiger partial charge in [0, 0.05) is 15.5 Å². The van der Waals surface area contributed by atoms with Crippen LogP contribution in [0.1, 0.15) is 0 Å². The monoisotopic (exact) mass is 314 g/mol. The zero-order valence-electron chi connectivity index (χ0n) is 9.97. The summed E-state index contributed by atoms with van der Waals surface area (Å²) in [7, 11) is 0. The third-order valence-corrected chi connectivity index (χ3v) is 3.48. The standard InChI is InChI=1S/C14H11BrN4/c15-11-5-6-12(10-4-2-1-3-9(10)11)18-14-8-17-7-13(16)19-14/h1-8H,(H3,16,18,19). The van der Waals surface area contributed by atoms with Crippen molar-refractivity contribution in [2.75, 3.05) is 11.1 Å². The van der Waals surface area contributed by atoms with Crippen LogP contribution in [0.3, 0.4) is 0 Å². The molecule has 3 N–H and O–H groups in total. The molecular formula is C14H11BrN4. The zero-order chi connectivity index (χ0) is 13.2. The molecule has 0 atom stereocenters. The van der Waals surface area contributed by atoms with E-state index in [1.165, 1.54) is 6.20 Å². The van der Waals surface area contributed by atoms with Crippen molar-refractivity contribution < 1.29 is 0 Å². The molecule has 5 heteroatoms. The molecule has 2 aromatic carbocycles. The number of hydrogen-bond donors (Lipinski definition) is 2. The Morgan fingerprint density at radius 2 is 1.79 bits per heavy atom. The molecule has 0 radical (unpaired) electrons. The second kappa shape index (κ2) is 4.85. The first kappa shape index (κ1) is 11.9. The number of hydrogen-bond acceptors (Lipinski definition) is 4. The van der Waals surface area contributed by atoms with E-state index in [1.54, 1.807) is 6.20 Å². The maximum atomic E-state index is 5.63. The number of benzene rings is 2. The Morgan fingerprint density at radius 3 is 2.58 bits per heavy atom. The van der Waals surface area contributed by atoms with Crippen molar-refractivity contribution in [2.45, 2.75) is 0 Å². The third-order valence-electron chi connectivity index (χ3n) is 2.79. The summed E-state index contributed by atoms with van der Waals surface area (Å²) in [5.74, 6) is 1.03. The number of halogens is 1. The first-order valence-corrected chi connectivity index (χ1v) is 6.55. The number of aromatic nitrogens is 2. The molecule has 0 aliphatic heterocycles. The number of nitrogen functional groups attached to an aromatic ring is 1. The van der Waals surface area contributed by atoms with Gasteiger partial charge in [0.05, 0.1) is 12.4 Å². The van der Waals surface area contributed by atoms with Gasteiger partial charge in [0.25, 0.3) is 0 Å². The lowest BCUT2D eigenvalue weighted by atomic mass is 10.1. The lowest BCUT2D eigenvalue weighted by molar-refractivity contribution is 1.21. The van der Waals surface area contributed by atoms with Crippen LogP contribution >= 0.6 is 15.9 Å². The van der Waals surface area contributed by atoms with E-state index < -0.39 is 0 Å². The van der Waals surface area contributed by atoms with Crippen molar-refractivity contribution in [1.82, 2.24) is 9.97 Å². The predicted octanol–water partition coefficient (Wildman–Crippen LogP) is 3.72. The van der Waals surface area contributed by atoms with E-state index in [9.17, 15) is 0 Å². The van der Waals surface area contributed by atoms with E-state index in [0.29, 0.717) is 11.6 Å². The summed E-state index contributed by atoms with van der Waals surface area (Å²) >= 11 is 3.55. The van der Waals surface area contributed by atoms with Gasteiger partial charge in [-0.1, -0.05) is 40.2 Å². The van der Waals surface area contributed by atoms with Crippen molar-refractivity contribution >= 4 is 44.0 Å². The Morgan fingerprint density at radius 1 is 1.00 bits per heavy atom. The van der Waals surface area contributed by atoms with Gasteiger partial charge in [0.1, 0.15) is 5.82 Å². The van der Waals surface area contributed by atoms with Crippen LogP contribution in [-0.4, -0.2) is 9.97 Å². The first-order chi connectivity index (χ1) is 9.24. The highest BCUT2D eigenvalue weighted by molar-refractivity contribution is 9.10. The van der Waals surface area contributed by atoms with Crippen molar-refractivity contribution in [3.8, 4) is 0 Å². The lowest BCUT2D eigenvalue weighted by Crippen LogP contribution is -1.98. The largest absolute Gasteiger partial charge is 0.382 e. The molecule has 0 saturated heterocycles. The molecule has 0 saturated carbocycles. The summed E-state index contributed by atoms with van der Waals surface area (Å²) < 4.78 is 1.06. The van der Waals surface area contributed by atoms with E-state index >= 15 is 0 Å². The van der Waals surface area contributed by atoms with Crippen molar-refractivity contribution in [3.05, 3.63) is 53.3 Å². The molecule has 1 aromatic heterocycles. The number of nitrogens with one attached hydrogen (secondary N) is 1. The van der Waals surface area contributed by atoms with Gasteiger partial charge in [-0.3, -0.25) is 4.98 Å². The Kier molecular flexibility index (Phi) is 3.05. The summed E-state index contributed by atoms with van der Waals surface area (Å²) in [4.78, 5) is 8.21. The van der Waals surface area contributed by atoms with Gasteiger partial charge in [0.2, 0.25) is 0 Å². The molecule has 0 aliphatic carbocycles. The van der Waals surface area contributed by atoms with E-state index in [2.05, 4.69) is 43.3 Å². The van der Waals surface area contributed by atoms with Crippen LogP contribution in [-0.2, 0) is 0 Å². The van der Waals surface area contributed by atoms with Crippen molar-refractivity contribution in [3.63, 3.8) is 0 Å². The average molecular weight is 315 g/mol. The van der Waals surface area contributed by atoms with Gasteiger partial charge < -0.3 is 11.1 Å². The summed E-state index contributed by atoms with van der Waals surface area (Å²) in [5.41, 5.74) is 6.60. The maximum Gasteiger partial charge on any atom is 0.151 e. The summed E-state index contributed by atoms with van der Waals surface area (Å²) in [6.07, 6.45) is 3.16. The van der Waals surface area contributed by atoms with E-state index in [-0.39, 0.29) is 0 Å². The number of rotatable bonds is 2. The number of anilines is 3. The first-order valence-electron chi connectivity index (χ1n) is 5.76. The summed E-state index contributed by atoms with van der Waals surface area (Å²) in [5, 5.41) is 5.50. The van der Waals surface area contributed by atoms with Crippen LogP contribution in [0.5, 0.6) is 0 Å². The fourth-order valence-corrected chi connectivity index (χ4v) is 2.43. The predicted molar refractivity (Wildman–Crippen MR) is 81.4 cm³/mol. The summed E-state index contributed by atoms with van der Waals surface area (Å²) in [6, 6.07) is 12.1. The molecule has 0 unspecified atom stereocenters. The molecule has 3 aromatic rings. The zero-order valence-corrected chi connectivity index (χ0v) is 11.6. The Bertz CT molecular complexity index is 742. The molecule has 1 heterocycles.